The zero-order valence-corrected chi connectivity index (χ0v) is 13.0. The SMILES string of the molecule is CC(NCc1cccc2cccnc12)c1ccc2[nH]ncc2c1. The minimum absolute atomic E-state index is 0.258. The van der Waals surface area contributed by atoms with E-state index in [2.05, 4.69) is 69.9 Å². The average molecular weight is 302 g/mol. The monoisotopic (exact) mass is 302 g/mol. The lowest BCUT2D eigenvalue weighted by Crippen LogP contribution is -2.18. The van der Waals surface area contributed by atoms with Crippen LogP contribution in [0.2, 0.25) is 0 Å². The number of hydrogen-bond acceptors (Lipinski definition) is 3. The molecule has 4 rings (SSSR count). The fraction of sp³-hybridized carbons (Fsp3) is 0.158. The highest BCUT2D eigenvalue weighted by atomic mass is 15.1. The Kier molecular flexibility index (Phi) is 3.52. The average Bonchev–Trinajstić information content (AvgIpc) is 3.07. The lowest BCUT2D eigenvalue weighted by Gasteiger charge is -2.15. The van der Waals surface area contributed by atoms with Gasteiger partial charge in [0, 0.05) is 29.6 Å². The predicted octanol–water partition coefficient (Wildman–Crippen LogP) is 3.96. The van der Waals surface area contributed by atoms with Crippen LogP contribution in [0.25, 0.3) is 21.8 Å². The molecule has 4 heteroatoms. The van der Waals surface area contributed by atoms with Crippen LogP contribution in [0.5, 0.6) is 0 Å². The molecular formula is C19H18N4. The minimum atomic E-state index is 0.258. The van der Waals surface area contributed by atoms with Gasteiger partial charge >= 0.3 is 0 Å². The number of nitrogens with one attached hydrogen (secondary N) is 2. The van der Waals surface area contributed by atoms with Crippen LogP contribution in [0.1, 0.15) is 24.1 Å². The molecule has 0 aliphatic carbocycles. The number of hydrogen-bond donors (Lipinski definition) is 2. The van der Waals surface area contributed by atoms with Crippen LogP contribution in [0.15, 0.2) is 60.9 Å². The summed E-state index contributed by atoms with van der Waals surface area (Å²) in [6.45, 7) is 2.97. The van der Waals surface area contributed by atoms with Gasteiger partial charge in [0.1, 0.15) is 0 Å². The number of rotatable bonds is 4. The third-order valence-electron chi connectivity index (χ3n) is 4.28. The molecule has 0 bridgehead atoms. The highest BCUT2D eigenvalue weighted by Gasteiger charge is 2.08. The summed E-state index contributed by atoms with van der Waals surface area (Å²) in [6.07, 6.45) is 3.71. The van der Waals surface area contributed by atoms with Crippen molar-refractivity contribution in [1.82, 2.24) is 20.5 Å². The van der Waals surface area contributed by atoms with Gasteiger partial charge in [0.05, 0.1) is 17.2 Å². The Hall–Kier alpha value is -2.72. The highest BCUT2D eigenvalue weighted by Crippen LogP contribution is 2.20. The van der Waals surface area contributed by atoms with E-state index in [4.69, 9.17) is 0 Å². The first-order valence-corrected chi connectivity index (χ1v) is 7.80. The predicted molar refractivity (Wildman–Crippen MR) is 93.1 cm³/mol. The molecule has 1 unspecified atom stereocenters. The Morgan fingerprint density at radius 2 is 2.00 bits per heavy atom. The molecular weight excluding hydrogens is 284 g/mol. The summed E-state index contributed by atoms with van der Waals surface area (Å²) in [4.78, 5) is 4.51. The van der Waals surface area contributed by atoms with Crippen LogP contribution in [-0.2, 0) is 6.54 Å². The van der Waals surface area contributed by atoms with E-state index in [-0.39, 0.29) is 6.04 Å². The van der Waals surface area contributed by atoms with Gasteiger partial charge in [-0.3, -0.25) is 10.1 Å². The molecule has 23 heavy (non-hydrogen) atoms. The molecule has 0 radical (unpaired) electrons. The van der Waals surface area contributed by atoms with Crippen LogP contribution in [0, 0.1) is 0 Å². The number of nitrogens with zero attached hydrogens (tertiary/aromatic N) is 2. The lowest BCUT2D eigenvalue weighted by atomic mass is 10.1. The zero-order valence-electron chi connectivity index (χ0n) is 13.0. The van der Waals surface area contributed by atoms with Gasteiger partial charge in [0.25, 0.3) is 0 Å². The second kappa shape index (κ2) is 5.82. The van der Waals surface area contributed by atoms with Crippen molar-refractivity contribution in [2.75, 3.05) is 0 Å². The maximum Gasteiger partial charge on any atom is 0.0746 e. The third-order valence-corrected chi connectivity index (χ3v) is 4.28. The molecule has 1 atom stereocenters. The fourth-order valence-electron chi connectivity index (χ4n) is 2.92. The molecule has 2 aromatic carbocycles. The van der Waals surface area contributed by atoms with Gasteiger partial charge in [0.15, 0.2) is 0 Å². The van der Waals surface area contributed by atoms with Gasteiger partial charge in [-0.15, -0.1) is 0 Å². The Morgan fingerprint density at radius 3 is 2.96 bits per heavy atom. The standard InChI is InChI=1S/C19H18N4/c1-13(15-7-8-18-17(10-15)12-22-23-18)21-11-16-5-2-4-14-6-3-9-20-19(14)16/h2-10,12-13,21H,11H2,1H3,(H,22,23). The van der Waals surface area contributed by atoms with E-state index in [1.165, 1.54) is 16.5 Å². The van der Waals surface area contributed by atoms with Gasteiger partial charge in [-0.2, -0.15) is 5.10 Å². The molecule has 4 aromatic rings. The first kappa shape index (κ1) is 13.9. The molecule has 2 aromatic heterocycles. The first-order valence-electron chi connectivity index (χ1n) is 7.80. The van der Waals surface area contributed by atoms with E-state index in [9.17, 15) is 0 Å². The quantitative estimate of drug-likeness (QED) is 0.600. The van der Waals surface area contributed by atoms with Crippen LogP contribution in [-0.4, -0.2) is 15.2 Å². The third kappa shape index (κ3) is 2.69. The smallest absolute Gasteiger partial charge is 0.0746 e. The van der Waals surface area contributed by atoms with Gasteiger partial charge in [-0.25, -0.2) is 0 Å². The summed E-state index contributed by atoms with van der Waals surface area (Å²) in [6, 6.07) is 17.0. The molecule has 0 saturated heterocycles. The number of benzene rings is 2. The largest absolute Gasteiger partial charge is 0.306 e. The molecule has 0 saturated carbocycles. The number of H-pyrrole nitrogens is 1. The second-order valence-corrected chi connectivity index (χ2v) is 5.81. The van der Waals surface area contributed by atoms with E-state index in [1.54, 1.807) is 0 Å². The molecule has 114 valence electrons. The molecule has 2 heterocycles. The number of pyridine rings is 1. The van der Waals surface area contributed by atoms with Crippen molar-refractivity contribution in [3.05, 3.63) is 72.1 Å². The maximum atomic E-state index is 4.51. The Bertz CT molecular complexity index is 952. The molecule has 0 aliphatic heterocycles. The van der Waals surface area contributed by atoms with Crippen molar-refractivity contribution in [2.24, 2.45) is 0 Å². The summed E-state index contributed by atoms with van der Waals surface area (Å²) < 4.78 is 0. The Labute approximate surface area is 134 Å². The Balaban J connectivity index is 1.55. The Morgan fingerprint density at radius 1 is 1.09 bits per heavy atom. The van der Waals surface area contributed by atoms with Gasteiger partial charge in [0.2, 0.25) is 0 Å². The molecule has 2 N–H and O–H groups in total. The van der Waals surface area contributed by atoms with E-state index in [1.807, 2.05) is 18.5 Å². The van der Waals surface area contributed by atoms with E-state index in [0.717, 1.165) is 23.0 Å². The van der Waals surface area contributed by atoms with E-state index in [0.29, 0.717) is 0 Å². The van der Waals surface area contributed by atoms with E-state index < -0.39 is 0 Å². The zero-order chi connectivity index (χ0) is 15.6. The normalized spacial score (nSPS) is 12.7. The summed E-state index contributed by atoms with van der Waals surface area (Å²) in [7, 11) is 0. The lowest BCUT2D eigenvalue weighted by molar-refractivity contribution is 0.576. The number of fused-ring (bicyclic) bond motifs is 2. The molecule has 0 amide bonds. The first-order chi connectivity index (χ1) is 11.3. The van der Waals surface area contributed by atoms with Crippen molar-refractivity contribution in [2.45, 2.75) is 19.5 Å². The van der Waals surface area contributed by atoms with Crippen molar-refractivity contribution in [3.8, 4) is 0 Å². The molecule has 0 spiro atoms. The van der Waals surface area contributed by atoms with Crippen molar-refractivity contribution in [3.63, 3.8) is 0 Å². The second-order valence-electron chi connectivity index (χ2n) is 5.81. The number of para-hydroxylation sites is 1. The summed E-state index contributed by atoms with van der Waals surface area (Å²) in [5.41, 5.74) is 4.62. The van der Waals surface area contributed by atoms with Gasteiger partial charge in [-0.05, 0) is 36.2 Å². The summed E-state index contributed by atoms with van der Waals surface area (Å²) in [5.74, 6) is 0. The maximum absolute atomic E-state index is 4.51. The molecule has 0 aliphatic rings. The van der Waals surface area contributed by atoms with Crippen molar-refractivity contribution in [1.29, 1.82) is 0 Å². The van der Waals surface area contributed by atoms with Crippen molar-refractivity contribution < 1.29 is 0 Å². The van der Waals surface area contributed by atoms with E-state index >= 15 is 0 Å². The summed E-state index contributed by atoms with van der Waals surface area (Å²) in [5, 5.41) is 13.0. The molecule has 4 nitrogen and oxygen atoms in total. The minimum Gasteiger partial charge on any atom is -0.306 e. The molecule has 0 fully saturated rings. The van der Waals surface area contributed by atoms with Gasteiger partial charge in [-0.1, -0.05) is 30.3 Å². The number of aromatic amines is 1. The van der Waals surface area contributed by atoms with Crippen LogP contribution in [0.3, 0.4) is 0 Å². The topological polar surface area (TPSA) is 53.6 Å². The highest BCUT2D eigenvalue weighted by molar-refractivity contribution is 5.81. The van der Waals surface area contributed by atoms with Crippen molar-refractivity contribution >= 4 is 21.8 Å². The van der Waals surface area contributed by atoms with Crippen LogP contribution < -0.4 is 5.32 Å². The summed E-state index contributed by atoms with van der Waals surface area (Å²) >= 11 is 0. The van der Waals surface area contributed by atoms with Crippen LogP contribution >= 0.6 is 0 Å². The van der Waals surface area contributed by atoms with Gasteiger partial charge < -0.3 is 5.32 Å². The number of aromatic nitrogens is 3. The van der Waals surface area contributed by atoms with Crippen LogP contribution in [0.4, 0.5) is 0 Å². The fourth-order valence-corrected chi connectivity index (χ4v) is 2.92.